The lowest BCUT2D eigenvalue weighted by molar-refractivity contribution is -0.123. The molecule has 0 saturated heterocycles. The number of hydrogen-bond donors (Lipinski definition) is 3. The molecule has 1 aromatic carbocycles. The smallest absolute Gasteiger partial charge is 0.287 e. The van der Waals surface area contributed by atoms with E-state index in [9.17, 15) is 14.4 Å². The van der Waals surface area contributed by atoms with Crippen LogP contribution in [0.4, 0.5) is 0 Å². The van der Waals surface area contributed by atoms with Crippen LogP contribution in [0.2, 0.25) is 0 Å². The highest BCUT2D eigenvalue weighted by Gasteiger charge is 2.23. The first-order valence-corrected chi connectivity index (χ1v) is 9.03. The lowest BCUT2D eigenvalue weighted by Crippen LogP contribution is -2.48. The van der Waals surface area contributed by atoms with Crippen LogP contribution in [0.15, 0.2) is 53.1 Å². The van der Waals surface area contributed by atoms with Crippen LogP contribution in [0.1, 0.15) is 35.9 Å². The van der Waals surface area contributed by atoms with E-state index in [1.165, 1.54) is 12.3 Å². The Morgan fingerprint density at radius 3 is 2.44 bits per heavy atom. The molecule has 27 heavy (non-hydrogen) atoms. The lowest BCUT2D eigenvalue weighted by Gasteiger charge is -2.18. The van der Waals surface area contributed by atoms with Crippen molar-refractivity contribution < 1.29 is 18.8 Å². The Morgan fingerprint density at radius 1 is 1.00 bits per heavy atom. The third-order valence-corrected chi connectivity index (χ3v) is 3.87. The van der Waals surface area contributed by atoms with E-state index in [1.54, 1.807) is 6.07 Å². The first kappa shape index (κ1) is 20.2. The molecule has 1 atom stereocenters. The zero-order valence-electron chi connectivity index (χ0n) is 15.4. The molecule has 3 N–H and O–H groups in total. The molecule has 3 amide bonds. The molecular formula is C20H25N3O4. The summed E-state index contributed by atoms with van der Waals surface area (Å²) in [5.41, 5.74) is 0.915. The van der Waals surface area contributed by atoms with Crippen molar-refractivity contribution in [3.63, 3.8) is 0 Å². The standard InChI is InChI=1S/C20H25N3O4/c1-2-11-21-18(24)10-12-22-19(25)16(14-15-7-4-3-5-8-15)23-20(26)17-9-6-13-27-17/h3-9,13,16H,2,10-12,14H2,1H3,(H,21,24)(H,22,25)(H,23,26). The van der Waals surface area contributed by atoms with Crippen LogP contribution < -0.4 is 16.0 Å². The number of amides is 3. The molecule has 0 saturated carbocycles. The minimum Gasteiger partial charge on any atom is -0.459 e. The molecule has 0 fully saturated rings. The monoisotopic (exact) mass is 371 g/mol. The van der Waals surface area contributed by atoms with Crippen LogP contribution in [0.3, 0.4) is 0 Å². The Hall–Kier alpha value is -3.09. The molecule has 1 unspecified atom stereocenters. The van der Waals surface area contributed by atoms with E-state index in [4.69, 9.17) is 4.42 Å². The summed E-state index contributed by atoms with van der Waals surface area (Å²) in [6, 6.07) is 11.8. The highest BCUT2D eigenvalue weighted by atomic mass is 16.3. The van der Waals surface area contributed by atoms with E-state index in [1.807, 2.05) is 37.3 Å². The molecule has 0 bridgehead atoms. The summed E-state index contributed by atoms with van der Waals surface area (Å²) in [5, 5.41) is 8.16. The van der Waals surface area contributed by atoms with Gasteiger partial charge in [-0.15, -0.1) is 0 Å². The maximum absolute atomic E-state index is 12.6. The van der Waals surface area contributed by atoms with Crippen molar-refractivity contribution in [2.45, 2.75) is 32.2 Å². The average molecular weight is 371 g/mol. The number of rotatable bonds is 10. The average Bonchev–Trinajstić information content (AvgIpc) is 3.21. The predicted molar refractivity (Wildman–Crippen MR) is 101 cm³/mol. The Morgan fingerprint density at radius 2 is 1.78 bits per heavy atom. The van der Waals surface area contributed by atoms with E-state index in [2.05, 4.69) is 16.0 Å². The molecule has 0 aliphatic heterocycles. The van der Waals surface area contributed by atoms with E-state index in [-0.39, 0.29) is 30.5 Å². The van der Waals surface area contributed by atoms with E-state index < -0.39 is 11.9 Å². The Bertz CT molecular complexity index is 729. The first-order valence-electron chi connectivity index (χ1n) is 9.03. The fourth-order valence-electron chi connectivity index (χ4n) is 2.47. The number of carbonyl (C=O) groups is 3. The number of hydrogen-bond acceptors (Lipinski definition) is 4. The van der Waals surface area contributed by atoms with Crippen LogP contribution in [-0.2, 0) is 16.0 Å². The summed E-state index contributed by atoms with van der Waals surface area (Å²) in [5.74, 6) is -0.782. The SMILES string of the molecule is CCCNC(=O)CCNC(=O)C(Cc1ccccc1)NC(=O)c1ccco1. The van der Waals surface area contributed by atoms with Crippen molar-refractivity contribution in [3.05, 3.63) is 60.1 Å². The molecule has 0 radical (unpaired) electrons. The predicted octanol–water partition coefficient (Wildman–Crippen LogP) is 1.65. The Labute approximate surface area is 158 Å². The van der Waals surface area contributed by atoms with Crippen LogP contribution in [0, 0.1) is 0 Å². The molecule has 1 heterocycles. The molecular weight excluding hydrogens is 346 g/mol. The fourth-order valence-corrected chi connectivity index (χ4v) is 2.47. The van der Waals surface area contributed by atoms with Gasteiger partial charge in [-0.25, -0.2) is 0 Å². The van der Waals surface area contributed by atoms with E-state index in [0.717, 1.165) is 12.0 Å². The summed E-state index contributed by atoms with van der Waals surface area (Å²) in [4.78, 5) is 36.5. The molecule has 7 heteroatoms. The molecule has 0 spiro atoms. The lowest BCUT2D eigenvalue weighted by atomic mass is 10.0. The topological polar surface area (TPSA) is 100 Å². The van der Waals surface area contributed by atoms with Gasteiger partial charge < -0.3 is 20.4 Å². The van der Waals surface area contributed by atoms with Gasteiger partial charge in [0.2, 0.25) is 11.8 Å². The van der Waals surface area contributed by atoms with Crippen LogP contribution in [-0.4, -0.2) is 36.9 Å². The number of benzene rings is 1. The van der Waals surface area contributed by atoms with Gasteiger partial charge in [0.05, 0.1) is 6.26 Å². The van der Waals surface area contributed by atoms with Gasteiger partial charge in [0.1, 0.15) is 6.04 Å². The van der Waals surface area contributed by atoms with Gasteiger partial charge in [-0.3, -0.25) is 14.4 Å². The van der Waals surface area contributed by atoms with Gasteiger partial charge in [0, 0.05) is 25.9 Å². The summed E-state index contributed by atoms with van der Waals surface area (Å²) >= 11 is 0. The minimum atomic E-state index is -0.774. The number of nitrogens with one attached hydrogen (secondary N) is 3. The second-order valence-electron chi connectivity index (χ2n) is 6.08. The Balaban J connectivity index is 1.94. The van der Waals surface area contributed by atoms with Crippen molar-refractivity contribution in [3.8, 4) is 0 Å². The third kappa shape index (κ3) is 6.97. The highest BCUT2D eigenvalue weighted by Crippen LogP contribution is 2.06. The molecule has 2 aromatic rings. The molecule has 1 aromatic heterocycles. The maximum Gasteiger partial charge on any atom is 0.287 e. The van der Waals surface area contributed by atoms with Crippen LogP contribution >= 0.6 is 0 Å². The molecule has 2 rings (SSSR count). The maximum atomic E-state index is 12.6. The van der Waals surface area contributed by atoms with Gasteiger partial charge in [-0.05, 0) is 24.1 Å². The quantitative estimate of drug-likeness (QED) is 0.591. The summed E-state index contributed by atoms with van der Waals surface area (Å²) in [6.07, 6.45) is 2.78. The zero-order chi connectivity index (χ0) is 19.5. The molecule has 144 valence electrons. The number of carbonyl (C=O) groups excluding carboxylic acids is 3. The van der Waals surface area contributed by atoms with Crippen LogP contribution in [0.5, 0.6) is 0 Å². The van der Waals surface area contributed by atoms with Crippen LogP contribution in [0.25, 0.3) is 0 Å². The Kier molecular flexibility index (Phi) is 8.09. The molecule has 0 aliphatic carbocycles. The normalized spacial score (nSPS) is 11.4. The van der Waals surface area contributed by atoms with Gasteiger partial charge in [-0.2, -0.15) is 0 Å². The van der Waals surface area contributed by atoms with E-state index >= 15 is 0 Å². The second-order valence-corrected chi connectivity index (χ2v) is 6.08. The first-order chi connectivity index (χ1) is 13.1. The van der Waals surface area contributed by atoms with Crippen molar-refractivity contribution in [1.82, 2.24) is 16.0 Å². The zero-order valence-corrected chi connectivity index (χ0v) is 15.4. The minimum absolute atomic E-state index is 0.114. The number of furan rings is 1. The van der Waals surface area contributed by atoms with Crippen molar-refractivity contribution >= 4 is 17.7 Å². The fraction of sp³-hybridized carbons (Fsp3) is 0.350. The molecule has 0 aliphatic rings. The van der Waals surface area contributed by atoms with Gasteiger partial charge >= 0.3 is 0 Å². The van der Waals surface area contributed by atoms with Crippen molar-refractivity contribution in [2.75, 3.05) is 13.1 Å². The van der Waals surface area contributed by atoms with Crippen molar-refractivity contribution in [1.29, 1.82) is 0 Å². The van der Waals surface area contributed by atoms with Gasteiger partial charge in [0.25, 0.3) is 5.91 Å². The molecule has 7 nitrogen and oxygen atoms in total. The van der Waals surface area contributed by atoms with Crippen molar-refractivity contribution in [2.24, 2.45) is 0 Å². The van der Waals surface area contributed by atoms with E-state index in [0.29, 0.717) is 13.0 Å². The van der Waals surface area contributed by atoms with Gasteiger partial charge in [-0.1, -0.05) is 37.3 Å². The summed E-state index contributed by atoms with van der Waals surface area (Å²) < 4.78 is 5.08. The summed E-state index contributed by atoms with van der Waals surface area (Å²) in [6.45, 7) is 2.79. The highest BCUT2D eigenvalue weighted by molar-refractivity contribution is 5.95. The second kappa shape index (κ2) is 10.8. The third-order valence-electron chi connectivity index (χ3n) is 3.87. The summed E-state index contributed by atoms with van der Waals surface area (Å²) in [7, 11) is 0. The van der Waals surface area contributed by atoms with Gasteiger partial charge in [0.15, 0.2) is 5.76 Å². The largest absolute Gasteiger partial charge is 0.459 e.